The molecule has 0 radical (unpaired) electrons. The van der Waals surface area contributed by atoms with Gasteiger partial charge in [-0.05, 0) is 46.1 Å². The molecule has 0 aliphatic carbocycles. The molecule has 0 fully saturated rings. The minimum Gasteiger partial charge on any atom is -0.339 e. The molecule has 1 aliphatic heterocycles. The Balaban J connectivity index is 1.92. The first-order valence-electron chi connectivity index (χ1n) is 6.58. The highest BCUT2D eigenvalue weighted by Gasteiger charge is 2.21. The molecule has 0 bridgehead atoms. The van der Waals surface area contributed by atoms with Crippen molar-refractivity contribution in [1.29, 1.82) is 0 Å². The summed E-state index contributed by atoms with van der Waals surface area (Å²) in [5.41, 5.74) is 5.68. The monoisotopic (exact) mass is 325 g/mol. The van der Waals surface area contributed by atoms with Gasteiger partial charge in [0.2, 0.25) is 0 Å². The number of fused-ring (bicyclic) bond motifs is 2. The summed E-state index contributed by atoms with van der Waals surface area (Å²) in [6, 6.07) is 12.6. The van der Waals surface area contributed by atoms with Gasteiger partial charge in [0.15, 0.2) is 0 Å². The van der Waals surface area contributed by atoms with Gasteiger partial charge in [-0.3, -0.25) is 9.97 Å². The number of nitrogens with zero attached hydrogens (tertiary/aromatic N) is 3. The van der Waals surface area contributed by atoms with E-state index in [0.29, 0.717) is 0 Å². The van der Waals surface area contributed by atoms with E-state index in [9.17, 15) is 0 Å². The van der Waals surface area contributed by atoms with Crippen LogP contribution in [0.3, 0.4) is 0 Å². The number of halogens is 1. The lowest BCUT2D eigenvalue weighted by Gasteiger charge is -2.20. The first-order valence-corrected chi connectivity index (χ1v) is 7.38. The average molecular weight is 326 g/mol. The summed E-state index contributed by atoms with van der Waals surface area (Å²) in [6.45, 7) is 0.996. The molecule has 3 nitrogen and oxygen atoms in total. The van der Waals surface area contributed by atoms with Crippen LogP contribution in [0.5, 0.6) is 0 Å². The topological polar surface area (TPSA) is 29.0 Å². The molecule has 0 unspecified atom stereocenters. The highest BCUT2D eigenvalue weighted by molar-refractivity contribution is 9.10. The van der Waals surface area contributed by atoms with Crippen molar-refractivity contribution >= 4 is 38.3 Å². The molecule has 0 amide bonds. The predicted octanol–water partition coefficient (Wildman–Crippen LogP) is 4.09. The van der Waals surface area contributed by atoms with Crippen LogP contribution in [0.2, 0.25) is 0 Å². The maximum absolute atomic E-state index is 4.55. The first kappa shape index (κ1) is 11.9. The molecular weight excluding hydrogens is 314 g/mol. The zero-order chi connectivity index (χ0) is 13.5. The van der Waals surface area contributed by atoms with E-state index in [4.69, 9.17) is 0 Å². The van der Waals surface area contributed by atoms with Crippen molar-refractivity contribution in [2.75, 3.05) is 11.4 Å². The van der Waals surface area contributed by atoms with Crippen LogP contribution in [-0.4, -0.2) is 16.5 Å². The minimum absolute atomic E-state index is 0.918. The van der Waals surface area contributed by atoms with Crippen LogP contribution in [0, 0.1) is 0 Å². The van der Waals surface area contributed by atoms with E-state index in [0.717, 1.165) is 34.2 Å². The lowest BCUT2D eigenvalue weighted by Crippen LogP contribution is -2.14. The Bertz CT molecular complexity index is 801. The fraction of sp³-hybridized carbons (Fsp3) is 0.125. The van der Waals surface area contributed by atoms with Gasteiger partial charge in [0, 0.05) is 29.1 Å². The van der Waals surface area contributed by atoms with Gasteiger partial charge in [-0.25, -0.2) is 0 Å². The summed E-state index contributed by atoms with van der Waals surface area (Å²) in [4.78, 5) is 11.3. The summed E-state index contributed by atoms with van der Waals surface area (Å²) >= 11 is 3.45. The fourth-order valence-electron chi connectivity index (χ4n) is 2.80. The number of benzene rings is 1. The van der Waals surface area contributed by atoms with Gasteiger partial charge in [0.05, 0.1) is 11.2 Å². The number of hydrogen-bond donors (Lipinski definition) is 0. The van der Waals surface area contributed by atoms with Crippen LogP contribution in [-0.2, 0) is 6.42 Å². The summed E-state index contributed by atoms with van der Waals surface area (Å²) in [7, 11) is 0. The zero-order valence-corrected chi connectivity index (χ0v) is 12.3. The second kappa shape index (κ2) is 4.56. The largest absolute Gasteiger partial charge is 0.339 e. The summed E-state index contributed by atoms with van der Waals surface area (Å²) in [5.74, 6) is 0. The number of pyridine rings is 2. The molecule has 4 rings (SSSR count). The molecule has 20 heavy (non-hydrogen) atoms. The van der Waals surface area contributed by atoms with Crippen LogP contribution in [0.15, 0.2) is 53.3 Å². The van der Waals surface area contributed by atoms with E-state index >= 15 is 0 Å². The third kappa shape index (κ3) is 1.79. The molecule has 3 heterocycles. The standard InChI is InChI=1S/C16H12BrN3/c17-12-9-13-16(19-10-12)15(5-7-18-13)20-8-6-11-3-1-2-4-14(11)20/h1-5,7,9-10H,6,8H2. The fourth-order valence-corrected chi connectivity index (χ4v) is 3.12. The van der Waals surface area contributed by atoms with Crippen molar-refractivity contribution < 1.29 is 0 Å². The minimum atomic E-state index is 0.918. The van der Waals surface area contributed by atoms with E-state index in [1.165, 1.54) is 11.3 Å². The first-order chi connectivity index (χ1) is 9.83. The summed E-state index contributed by atoms with van der Waals surface area (Å²) in [6.07, 6.45) is 4.76. The van der Waals surface area contributed by atoms with Gasteiger partial charge in [-0.1, -0.05) is 18.2 Å². The Labute approximate surface area is 125 Å². The molecule has 4 heteroatoms. The second-order valence-electron chi connectivity index (χ2n) is 4.88. The SMILES string of the molecule is Brc1cnc2c(N3CCc4ccccc43)ccnc2c1. The summed E-state index contributed by atoms with van der Waals surface area (Å²) < 4.78 is 0.955. The predicted molar refractivity (Wildman–Crippen MR) is 84.4 cm³/mol. The van der Waals surface area contributed by atoms with Gasteiger partial charge in [-0.15, -0.1) is 0 Å². The number of hydrogen-bond acceptors (Lipinski definition) is 3. The van der Waals surface area contributed by atoms with E-state index < -0.39 is 0 Å². The van der Waals surface area contributed by atoms with Crippen molar-refractivity contribution in [3.05, 3.63) is 58.8 Å². The Morgan fingerprint density at radius 2 is 1.95 bits per heavy atom. The van der Waals surface area contributed by atoms with Crippen LogP contribution in [0.1, 0.15) is 5.56 Å². The third-order valence-corrected chi connectivity index (χ3v) is 4.13. The molecule has 98 valence electrons. The van der Waals surface area contributed by atoms with Crippen molar-refractivity contribution in [3.63, 3.8) is 0 Å². The summed E-state index contributed by atoms with van der Waals surface area (Å²) in [5, 5.41) is 0. The van der Waals surface area contributed by atoms with E-state index in [-0.39, 0.29) is 0 Å². The Morgan fingerprint density at radius 3 is 2.90 bits per heavy atom. The number of anilines is 2. The molecule has 0 saturated heterocycles. The number of para-hydroxylation sites is 1. The molecule has 1 aromatic carbocycles. The van der Waals surface area contributed by atoms with Crippen LogP contribution in [0.25, 0.3) is 11.0 Å². The third-order valence-electron chi connectivity index (χ3n) is 3.70. The van der Waals surface area contributed by atoms with Crippen LogP contribution >= 0.6 is 15.9 Å². The average Bonchev–Trinajstić information content (AvgIpc) is 2.90. The van der Waals surface area contributed by atoms with E-state index in [2.05, 4.69) is 55.1 Å². The molecular formula is C16H12BrN3. The smallest absolute Gasteiger partial charge is 0.112 e. The maximum atomic E-state index is 4.55. The Hall–Kier alpha value is -1.94. The van der Waals surface area contributed by atoms with Gasteiger partial charge in [0.1, 0.15) is 5.52 Å². The molecule has 0 spiro atoms. The normalized spacial score (nSPS) is 13.8. The van der Waals surface area contributed by atoms with Crippen molar-refractivity contribution in [1.82, 2.24) is 9.97 Å². The van der Waals surface area contributed by atoms with Crippen molar-refractivity contribution in [3.8, 4) is 0 Å². The van der Waals surface area contributed by atoms with Crippen molar-refractivity contribution in [2.24, 2.45) is 0 Å². The van der Waals surface area contributed by atoms with E-state index in [1.54, 1.807) is 0 Å². The maximum Gasteiger partial charge on any atom is 0.112 e. The molecule has 3 aromatic rings. The van der Waals surface area contributed by atoms with Gasteiger partial charge in [-0.2, -0.15) is 0 Å². The highest BCUT2D eigenvalue weighted by Crippen LogP contribution is 2.37. The lowest BCUT2D eigenvalue weighted by molar-refractivity contribution is 0.999. The van der Waals surface area contributed by atoms with Crippen molar-refractivity contribution in [2.45, 2.75) is 6.42 Å². The molecule has 0 atom stereocenters. The molecule has 1 aliphatic rings. The van der Waals surface area contributed by atoms with Gasteiger partial charge < -0.3 is 4.90 Å². The Kier molecular flexibility index (Phi) is 2.70. The van der Waals surface area contributed by atoms with E-state index in [1.807, 2.05) is 24.5 Å². The van der Waals surface area contributed by atoms with Gasteiger partial charge >= 0.3 is 0 Å². The van der Waals surface area contributed by atoms with Gasteiger partial charge in [0.25, 0.3) is 0 Å². The zero-order valence-electron chi connectivity index (χ0n) is 10.8. The van der Waals surface area contributed by atoms with Crippen LogP contribution < -0.4 is 4.90 Å². The number of aromatic nitrogens is 2. The highest BCUT2D eigenvalue weighted by atomic mass is 79.9. The lowest BCUT2D eigenvalue weighted by atomic mass is 10.2. The quantitative estimate of drug-likeness (QED) is 0.674. The molecule has 2 aromatic heterocycles. The molecule has 0 saturated carbocycles. The molecule has 0 N–H and O–H groups in total. The van der Waals surface area contributed by atoms with Crippen LogP contribution in [0.4, 0.5) is 11.4 Å². The number of rotatable bonds is 1. The second-order valence-corrected chi connectivity index (χ2v) is 5.80. The Morgan fingerprint density at radius 1 is 1.05 bits per heavy atom.